The van der Waals surface area contributed by atoms with Crippen molar-refractivity contribution in [3.63, 3.8) is 0 Å². The van der Waals surface area contributed by atoms with Gasteiger partial charge in [-0.25, -0.2) is 13.1 Å². The zero-order valence-electron chi connectivity index (χ0n) is 8.53. The van der Waals surface area contributed by atoms with E-state index in [1.165, 1.54) is 18.2 Å². The van der Waals surface area contributed by atoms with Crippen LogP contribution in [0.25, 0.3) is 0 Å². The lowest BCUT2D eigenvalue weighted by Crippen LogP contribution is -2.33. The Bertz CT molecular complexity index is 513. The van der Waals surface area contributed by atoms with E-state index in [4.69, 9.17) is 17.3 Å². The van der Waals surface area contributed by atoms with Gasteiger partial charge >= 0.3 is 0 Å². The average Bonchev–Trinajstić information content (AvgIpc) is 2.19. The van der Waals surface area contributed by atoms with Crippen molar-refractivity contribution in [2.24, 2.45) is 5.73 Å². The molecule has 16 heavy (non-hydrogen) atoms. The summed E-state index contributed by atoms with van der Waals surface area (Å²) in [5.74, 6) is -0.741. The van der Waals surface area contributed by atoms with E-state index in [2.05, 4.69) is 4.72 Å². The number of amides is 1. The van der Waals surface area contributed by atoms with Crippen LogP contribution in [0.5, 0.6) is 0 Å². The quantitative estimate of drug-likeness (QED) is 0.824. The fourth-order valence-corrected chi connectivity index (χ4v) is 2.23. The lowest BCUT2D eigenvalue weighted by Gasteiger charge is -2.06. The van der Waals surface area contributed by atoms with Gasteiger partial charge in [-0.05, 0) is 30.7 Å². The first kappa shape index (κ1) is 13.0. The van der Waals surface area contributed by atoms with E-state index in [9.17, 15) is 13.2 Å². The molecule has 0 saturated carbocycles. The summed E-state index contributed by atoms with van der Waals surface area (Å²) in [4.78, 5) is 10.5. The highest BCUT2D eigenvalue weighted by Gasteiger charge is 2.15. The summed E-state index contributed by atoms with van der Waals surface area (Å²) in [6, 6.07) is 4.26. The molecule has 7 heteroatoms. The molecule has 1 aromatic rings. The molecule has 0 heterocycles. The number of hydrogen-bond acceptors (Lipinski definition) is 3. The number of nitrogens with two attached hydrogens (primary N) is 1. The molecule has 0 aliphatic rings. The van der Waals surface area contributed by atoms with Crippen LogP contribution in [0.3, 0.4) is 0 Å². The Hall–Kier alpha value is -1.11. The molecule has 0 atom stereocenters. The fourth-order valence-electron chi connectivity index (χ4n) is 1.03. The summed E-state index contributed by atoms with van der Waals surface area (Å²) < 4.78 is 25.4. The maximum absolute atomic E-state index is 11.6. The minimum atomic E-state index is -3.70. The van der Waals surface area contributed by atoms with Crippen LogP contribution in [-0.2, 0) is 14.8 Å². The van der Waals surface area contributed by atoms with Gasteiger partial charge in [-0.3, -0.25) is 4.79 Å². The maximum atomic E-state index is 11.6. The Morgan fingerprint density at radius 3 is 2.62 bits per heavy atom. The van der Waals surface area contributed by atoms with Gasteiger partial charge in [-0.1, -0.05) is 11.6 Å². The molecule has 0 aliphatic heterocycles. The van der Waals surface area contributed by atoms with Gasteiger partial charge in [0.25, 0.3) is 0 Å². The number of carbonyl (C=O) groups is 1. The Morgan fingerprint density at radius 2 is 2.12 bits per heavy atom. The van der Waals surface area contributed by atoms with Crippen LogP contribution < -0.4 is 10.5 Å². The van der Waals surface area contributed by atoms with E-state index >= 15 is 0 Å². The molecule has 1 aromatic carbocycles. The van der Waals surface area contributed by atoms with Crippen molar-refractivity contribution in [3.8, 4) is 0 Å². The highest BCUT2D eigenvalue weighted by atomic mass is 35.5. The van der Waals surface area contributed by atoms with E-state index in [1.807, 2.05) is 0 Å². The molecule has 0 aliphatic carbocycles. The molecule has 5 nitrogen and oxygen atoms in total. The standard InChI is InChI=1S/C9H11ClN2O3S/c1-6-4-7(2-3-8(6)10)16(14,15)12-5-9(11)13/h2-4,12H,5H2,1H3,(H2,11,13). The molecule has 0 unspecified atom stereocenters. The van der Waals surface area contributed by atoms with Crippen LogP contribution in [-0.4, -0.2) is 20.9 Å². The van der Waals surface area contributed by atoms with E-state index in [1.54, 1.807) is 6.92 Å². The molecule has 1 amide bonds. The van der Waals surface area contributed by atoms with E-state index in [-0.39, 0.29) is 4.90 Å². The van der Waals surface area contributed by atoms with Gasteiger partial charge in [0.15, 0.2) is 0 Å². The van der Waals surface area contributed by atoms with Crippen molar-refractivity contribution in [2.45, 2.75) is 11.8 Å². The average molecular weight is 263 g/mol. The number of benzene rings is 1. The van der Waals surface area contributed by atoms with Crippen LogP contribution in [0.15, 0.2) is 23.1 Å². The second kappa shape index (κ2) is 4.82. The smallest absolute Gasteiger partial charge is 0.241 e. The number of primary amides is 1. The highest BCUT2D eigenvalue weighted by molar-refractivity contribution is 7.89. The SMILES string of the molecule is Cc1cc(S(=O)(=O)NCC(N)=O)ccc1Cl. The summed E-state index contributed by atoms with van der Waals surface area (Å²) >= 11 is 5.77. The number of nitrogens with one attached hydrogen (secondary N) is 1. The van der Waals surface area contributed by atoms with Gasteiger partial charge < -0.3 is 5.73 Å². The summed E-state index contributed by atoms with van der Waals surface area (Å²) in [6.45, 7) is 1.26. The molecular formula is C9H11ClN2O3S. The molecule has 0 fully saturated rings. The van der Waals surface area contributed by atoms with Crippen molar-refractivity contribution >= 4 is 27.5 Å². The van der Waals surface area contributed by atoms with Crippen LogP contribution in [0, 0.1) is 6.92 Å². The lowest BCUT2D eigenvalue weighted by atomic mass is 10.2. The predicted octanol–water partition coefficient (Wildman–Crippen LogP) is 0.412. The minimum Gasteiger partial charge on any atom is -0.369 e. The number of aryl methyl sites for hydroxylation is 1. The van der Waals surface area contributed by atoms with E-state index in [0.29, 0.717) is 10.6 Å². The van der Waals surface area contributed by atoms with Gasteiger partial charge in [0.1, 0.15) is 0 Å². The molecule has 0 radical (unpaired) electrons. The predicted molar refractivity (Wildman–Crippen MR) is 60.6 cm³/mol. The molecule has 3 N–H and O–H groups in total. The zero-order chi connectivity index (χ0) is 12.3. The van der Waals surface area contributed by atoms with Gasteiger partial charge in [0.05, 0.1) is 11.4 Å². The van der Waals surface area contributed by atoms with Crippen molar-refractivity contribution in [1.82, 2.24) is 4.72 Å². The van der Waals surface area contributed by atoms with Gasteiger partial charge in [0.2, 0.25) is 15.9 Å². The number of carbonyl (C=O) groups excluding carboxylic acids is 1. The summed E-state index contributed by atoms with van der Waals surface area (Å²) in [7, 11) is -3.70. The maximum Gasteiger partial charge on any atom is 0.241 e. The third-order valence-electron chi connectivity index (χ3n) is 1.88. The first-order valence-corrected chi connectivity index (χ1v) is 6.23. The highest BCUT2D eigenvalue weighted by Crippen LogP contribution is 2.19. The lowest BCUT2D eigenvalue weighted by molar-refractivity contribution is -0.116. The van der Waals surface area contributed by atoms with E-state index < -0.39 is 22.5 Å². The molecule has 0 saturated heterocycles. The van der Waals surface area contributed by atoms with Crippen LogP contribution in [0.2, 0.25) is 5.02 Å². The Labute approximate surface area is 98.6 Å². The fraction of sp³-hybridized carbons (Fsp3) is 0.222. The Kier molecular flexibility index (Phi) is 3.90. The zero-order valence-corrected chi connectivity index (χ0v) is 10.1. The number of sulfonamides is 1. The third-order valence-corrected chi connectivity index (χ3v) is 3.70. The first-order valence-electron chi connectivity index (χ1n) is 4.37. The van der Waals surface area contributed by atoms with Gasteiger partial charge in [0, 0.05) is 5.02 Å². The largest absolute Gasteiger partial charge is 0.369 e. The second-order valence-corrected chi connectivity index (χ2v) is 5.38. The number of halogens is 1. The Morgan fingerprint density at radius 1 is 1.50 bits per heavy atom. The molecule has 0 spiro atoms. The van der Waals surface area contributed by atoms with Crippen molar-refractivity contribution in [3.05, 3.63) is 28.8 Å². The molecular weight excluding hydrogens is 252 g/mol. The molecule has 88 valence electrons. The molecule has 1 rings (SSSR count). The topological polar surface area (TPSA) is 89.3 Å². The first-order chi connectivity index (χ1) is 7.33. The summed E-state index contributed by atoms with van der Waals surface area (Å²) in [5.41, 5.74) is 5.49. The van der Waals surface area contributed by atoms with Crippen LogP contribution in [0.1, 0.15) is 5.56 Å². The third kappa shape index (κ3) is 3.19. The van der Waals surface area contributed by atoms with Crippen LogP contribution >= 0.6 is 11.6 Å². The van der Waals surface area contributed by atoms with Crippen molar-refractivity contribution in [2.75, 3.05) is 6.54 Å². The van der Waals surface area contributed by atoms with E-state index in [0.717, 1.165) is 0 Å². The van der Waals surface area contributed by atoms with Gasteiger partial charge in [-0.2, -0.15) is 0 Å². The number of hydrogen-bond donors (Lipinski definition) is 2. The van der Waals surface area contributed by atoms with Gasteiger partial charge in [-0.15, -0.1) is 0 Å². The monoisotopic (exact) mass is 262 g/mol. The normalized spacial score (nSPS) is 11.4. The van der Waals surface area contributed by atoms with Crippen molar-refractivity contribution in [1.29, 1.82) is 0 Å². The summed E-state index contributed by atoms with van der Waals surface area (Å²) in [6.07, 6.45) is 0. The number of rotatable bonds is 4. The second-order valence-electron chi connectivity index (χ2n) is 3.20. The Balaban J connectivity index is 2.99. The van der Waals surface area contributed by atoms with Crippen molar-refractivity contribution < 1.29 is 13.2 Å². The molecule has 0 aromatic heterocycles. The van der Waals surface area contributed by atoms with Crippen LogP contribution in [0.4, 0.5) is 0 Å². The minimum absolute atomic E-state index is 0.0515. The summed E-state index contributed by atoms with van der Waals surface area (Å²) in [5, 5.41) is 0.480. The molecule has 0 bridgehead atoms.